The molecule has 1 aromatic rings. The van der Waals surface area contributed by atoms with Gasteiger partial charge in [0, 0.05) is 5.56 Å². The van der Waals surface area contributed by atoms with Crippen molar-refractivity contribution in [2.75, 3.05) is 5.34 Å². The van der Waals surface area contributed by atoms with Gasteiger partial charge in [0.05, 0.1) is 5.34 Å². The summed E-state index contributed by atoms with van der Waals surface area (Å²) in [4.78, 5) is 10.4. The van der Waals surface area contributed by atoms with Crippen molar-refractivity contribution in [3.05, 3.63) is 35.9 Å². The quantitative estimate of drug-likeness (QED) is 0.528. The van der Waals surface area contributed by atoms with Gasteiger partial charge in [-0.2, -0.15) is 0 Å². The lowest BCUT2D eigenvalue weighted by atomic mass is 10.2. The van der Waals surface area contributed by atoms with Gasteiger partial charge in [-0.05, 0) is 11.6 Å². The highest BCUT2D eigenvalue weighted by Crippen LogP contribution is 2.01. The first kappa shape index (κ1) is 11.8. The Kier molecular flexibility index (Phi) is 7.26. The molecule has 0 fully saturated rings. The maximum atomic E-state index is 10.4. The molecule has 0 amide bonds. The number of carbonyl (C=O) groups excluding carboxylic acids is 1. The summed E-state index contributed by atoms with van der Waals surface area (Å²) in [5.41, 5.74) is 0.541. The third kappa shape index (κ3) is 5.42. The zero-order chi connectivity index (χ0) is 9.40. The molecule has 0 aliphatic rings. The summed E-state index contributed by atoms with van der Waals surface area (Å²) >= 11 is 14.7. The van der Waals surface area contributed by atoms with Crippen molar-refractivity contribution in [3.63, 3.8) is 0 Å². The fourth-order valence-electron chi connectivity index (χ4n) is 0.569. The van der Waals surface area contributed by atoms with Crippen molar-refractivity contribution in [2.45, 2.75) is 0 Å². The zero-order valence-electron chi connectivity index (χ0n) is 6.14. The van der Waals surface area contributed by atoms with Crippen LogP contribution in [0.4, 0.5) is 0 Å². The van der Waals surface area contributed by atoms with Gasteiger partial charge in [0.25, 0.3) is 5.24 Å². The fraction of sp³-hybridized carbons (Fsp3) is 0.125. The van der Waals surface area contributed by atoms with E-state index in [1.807, 2.05) is 6.07 Å². The van der Waals surface area contributed by atoms with Gasteiger partial charge >= 0.3 is 0 Å². The van der Waals surface area contributed by atoms with Crippen LogP contribution in [-0.4, -0.2) is 10.6 Å². The maximum absolute atomic E-state index is 10.4. The lowest BCUT2D eigenvalue weighted by molar-refractivity contribution is 0.108. The summed E-state index contributed by atoms with van der Waals surface area (Å²) in [7, 11) is 0. The highest BCUT2D eigenvalue weighted by molar-refractivity contribution is 6.67. The first-order valence-electron chi connectivity index (χ1n) is 3.09. The predicted octanol–water partition coefficient (Wildman–Crippen LogP) is 3.49. The topological polar surface area (TPSA) is 17.1 Å². The molecule has 4 heteroatoms. The normalized spacial score (nSPS) is 8.25. The molecular weight excluding hydrogens is 218 g/mol. The molecule has 0 unspecified atom stereocenters. The minimum absolute atomic E-state index is 0.194. The van der Waals surface area contributed by atoms with E-state index in [4.69, 9.17) is 34.8 Å². The molecule has 1 rings (SSSR count). The minimum Gasteiger partial charge on any atom is -0.276 e. The van der Waals surface area contributed by atoms with Crippen LogP contribution in [0, 0.1) is 0 Å². The van der Waals surface area contributed by atoms with Crippen LogP contribution in [0.3, 0.4) is 0 Å². The third-order valence-corrected chi connectivity index (χ3v) is 1.22. The van der Waals surface area contributed by atoms with E-state index in [9.17, 15) is 4.79 Å². The first-order chi connectivity index (χ1) is 5.72. The fourth-order valence-corrected chi connectivity index (χ4v) is 0.695. The lowest BCUT2D eigenvalue weighted by Gasteiger charge is -1.87. The van der Waals surface area contributed by atoms with Crippen LogP contribution in [0.1, 0.15) is 10.4 Å². The van der Waals surface area contributed by atoms with Crippen molar-refractivity contribution in [1.29, 1.82) is 0 Å². The van der Waals surface area contributed by atoms with Gasteiger partial charge < -0.3 is 0 Å². The molecule has 12 heavy (non-hydrogen) atoms. The molecule has 0 aliphatic heterocycles. The van der Waals surface area contributed by atoms with Crippen LogP contribution in [0.2, 0.25) is 0 Å². The summed E-state index contributed by atoms with van der Waals surface area (Å²) in [6.07, 6.45) is 0. The summed E-state index contributed by atoms with van der Waals surface area (Å²) in [5.74, 6) is 0. The molecule has 0 spiro atoms. The molecule has 1 nitrogen and oxygen atoms in total. The van der Waals surface area contributed by atoms with Crippen LogP contribution in [0.25, 0.3) is 0 Å². The number of alkyl halides is 2. The molecule has 0 atom stereocenters. The second-order valence-corrected chi connectivity index (χ2v) is 2.89. The number of benzene rings is 1. The maximum Gasteiger partial charge on any atom is 0.252 e. The van der Waals surface area contributed by atoms with E-state index in [2.05, 4.69) is 0 Å². The molecule has 0 saturated carbocycles. The Bertz CT molecular complexity index is 223. The Morgan fingerprint density at radius 3 is 1.83 bits per heavy atom. The van der Waals surface area contributed by atoms with E-state index in [1.54, 1.807) is 24.3 Å². The Morgan fingerprint density at radius 2 is 1.58 bits per heavy atom. The largest absolute Gasteiger partial charge is 0.276 e. The van der Waals surface area contributed by atoms with Gasteiger partial charge in [-0.1, -0.05) is 30.3 Å². The Balaban J connectivity index is 0.000000354. The van der Waals surface area contributed by atoms with Gasteiger partial charge in [-0.15, -0.1) is 23.2 Å². The molecule has 0 saturated heterocycles. The van der Waals surface area contributed by atoms with E-state index >= 15 is 0 Å². The molecule has 66 valence electrons. The average molecular weight is 226 g/mol. The standard InChI is InChI=1S/C7H5ClO.CH2Cl2/c8-7(9)6-4-2-1-3-5-6;2-1-3/h1-5H;1H2. The van der Waals surface area contributed by atoms with E-state index in [1.165, 1.54) is 0 Å². The molecule has 0 radical (unpaired) electrons. The van der Waals surface area contributed by atoms with Crippen molar-refractivity contribution in [2.24, 2.45) is 0 Å². The SMILES string of the molecule is ClCCl.O=C(Cl)c1ccccc1. The Hall–Kier alpha value is -0.240. The van der Waals surface area contributed by atoms with E-state index in [0.717, 1.165) is 0 Å². The average Bonchev–Trinajstić information content (AvgIpc) is 2.07. The van der Waals surface area contributed by atoms with Crippen molar-refractivity contribution >= 4 is 40.0 Å². The molecule has 0 aliphatic carbocycles. The van der Waals surface area contributed by atoms with Crippen LogP contribution in [-0.2, 0) is 0 Å². The number of halogens is 3. The second-order valence-electron chi connectivity index (χ2n) is 1.74. The van der Waals surface area contributed by atoms with Crippen LogP contribution in [0.15, 0.2) is 30.3 Å². The van der Waals surface area contributed by atoms with Crippen molar-refractivity contribution in [3.8, 4) is 0 Å². The second kappa shape index (κ2) is 7.41. The predicted molar refractivity (Wildman–Crippen MR) is 53.2 cm³/mol. The Labute approximate surface area is 86.2 Å². The molecule has 0 heterocycles. The highest BCUT2D eigenvalue weighted by Gasteiger charge is 1.95. The molecule has 1 aromatic carbocycles. The van der Waals surface area contributed by atoms with Gasteiger partial charge in [-0.3, -0.25) is 4.79 Å². The van der Waals surface area contributed by atoms with Gasteiger partial charge in [0.15, 0.2) is 0 Å². The summed E-state index contributed by atoms with van der Waals surface area (Å²) in [6, 6.07) is 8.74. The summed E-state index contributed by atoms with van der Waals surface area (Å²) < 4.78 is 0. The summed E-state index contributed by atoms with van der Waals surface area (Å²) in [5, 5.41) is -0.212. The smallest absolute Gasteiger partial charge is 0.252 e. The number of rotatable bonds is 1. The monoisotopic (exact) mass is 224 g/mol. The van der Waals surface area contributed by atoms with E-state index < -0.39 is 5.24 Å². The van der Waals surface area contributed by atoms with Crippen LogP contribution in [0.5, 0.6) is 0 Å². The molecule has 0 aromatic heterocycles. The molecule has 0 bridgehead atoms. The van der Waals surface area contributed by atoms with Gasteiger partial charge in [0.1, 0.15) is 0 Å². The molecule has 0 N–H and O–H groups in total. The van der Waals surface area contributed by atoms with Gasteiger partial charge in [-0.25, -0.2) is 0 Å². The number of carbonyl (C=O) groups is 1. The van der Waals surface area contributed by atoms with E-state index in [-0.39, 0.29) is 5.34 Å². The van der Waals surface area contributed by atoms with Crippen molar-refractivity contribution in [1.82, 2.24) is 0 Å². The highest BCUT2D eigenvalue weighted by atomic mass is 35.5. The van der Waals surface area contributed by atoms with Crippen LogP contribution < -0.4 is 0 Å². The van der Waals surface area contributed by atoms with Gasteiger partial charge in [0.2, 0.25) is 0 Å². The molecular formula is C8H7Cl3O. The number of hydrogen-bond acceptors (Lipinski definition) is 1. The minimum atomic E-state index is -0.407. The zero-order valence-corrected chi connectivity index (χ0v) is 8.40. The van der Waals surface area contributed by atoms with Crippen LogP contribution >= 0.6 is 34.8 Å². The Morgan fingerprint density at radius 1 is 1.17 bits per heavy atom. The summed E-state index contributed by atoms with van der Waals surface area (Å²) in [6.45, 7) is 0. The third-order valence-electron chi connectivity index (χ3n) is 1.00. The lowest BCUT2D eigenvalue weighted by Crippen LogP contribution is -1.84. The number of hydrogen-bond donors (Lipinski definition) is 0. The first-order valence-corrected chi connectivity index (χ1v) is 4.54. The van der Waals surface area contributed by atoms with Crippen molar-refractivity contribution < 1.29 is 4.79 Å². The van der Waals surface area contributed by atoms with E-state index in [0.29, 0.717) is 5.56 Å².